The first-order chi connectivity index (χ1) is 15.6. The van der Waals surface area contributed by atoms with Gasteiger partial charge in [-0.3, -0.25) is 9.59 Å². The van der Waals surface area contributed by atoms with E-state index in [0.717, 1.165) is 37.5 Å². The van der Waals surface area contributed by atoms with Crippen molar-refractivity contribution in [3.8, 4) is 11.1 Å². The number of rotatable bonds is 5. The molecule has 32 heavy (non-hydrogen) atoms. The first-order valence-corrected chi connectivity index (χ1v) is 12.0. The van der Waals surface area contributed by atoms with Gasteiger partial charge in [-0.25, -0.2) is 9.97 Å². The molecule has 2 amide bonds. The summed E-state index contributed by atoms with van der Waals surface area (Å²) in [5, 5.41) is 3.79. The van der Waals surface area contributed by atoms with Crippen LogP contribution in [0.5, 0.6) is 0 Å². The highest BCUT2D eigenvalue weighted by Crippen LogP contribution is 2.38. The number of benzene rings is 2. The van der Waals surface area contributed by atoms with Crippen molar-refractivity contribution in [2.24, 2.45) is 5.73 Å². The highest BCUT2D eigenvalue weighted by molar-refractivity contribution is 8.00. The molecule has 4 aromatic rings. The van der Waals surface area contributed by atoms with Gasteiger partial charge in [0.15, 0.2) is 0 Å². The molecular weight excluding hydrogens is 440 g/mol. The van der Waals surface area contributed by atoms with E-state index in [1.54, 1.807) is 16.2 Å². The predicted molar refractivity (Wildman–Crippen MR) is 127 cm³/mol. The Balaban J connectivity index is 1.40. The van der Waals surface area contributed by atoms with Gasteiger partial charge in [-0.05, 0) is 16.7 Å². The Morgan fingerprint density at radius 1 is 1.06 bits per heavy atom. The van der Waals surface area contributed by atoms with Crippen molar-refractivity contribution in [1.29, 1.82) is 0 Å². The number of carbonyl (C=O) groups is 2. The molecule has 0 spiro atoms. The van der Waals surface area contributed by atoms with Crippen LogP contribution < -0.4 is 5.73 Å². The van der Waals surface area contributed by atoms with Crippen LogP contribution in [-0.4, -0.2) is 38.5 Å². The monoisotopic (exact) mass is 460 g/mol. The highest BCUT2D eigenvalue weighted by atomic mass is 32.2. The van der Waals surface area contributed by atoms with Crippen molar-refractivity contribution in [2.45, 2.75) is 24.0 Å². The molecule has 8 heteroatoms. The molecule has 1 aliphatic rings. The number of nitrogens with two attached hydrogens (primary N) is 1. The Bertz CT molecular complexity index is 1310. The zero-order valence-electron chi connectivity index (χ0n) is 17.1. The van der Waals surface area contributed by atoms with Gasteiger partial charge in [0.05, 0.1) is 11.1 Å². The van der Waals surface area contributed by atoms with Crippen molar-refractivity contribution >= 4 is 45.1 Å². The fraction of sp³-hybridized carbons (Fsp3) is 0.167. The molecule has 3 heterocycles. The van der Waals surface area contributed by atoms with Gasteiger partial charge in [0, 0.05) is 23.9 Å². The van der Waals surface area contributed by atoms with Crippen LogP contribution in [0.1, 0.15) is 11.1 Å². The number of nitrogens with zero attached hydrogens (tertiary/aromatic N) is 3. The summed E-state index contributed by atoms with van der Waals surface area (Å²) in [5.74, 6) is -0.440. The number of amides is 2. The van der Waals surface area contributed by atoms with Gasteiger partial charge in [-0.15, -0.1) is 11.3 Å². The van der Waals surface area contributed by atoms with E-state index in [2.05, 4.69) is 27.5 Å². The number of thiophene rings is 1. The second-order valence-corrected chi connectivity index (χ2v) is 9.40. The highest BCUT2D eigenvalue weighted by Gasteiger charge is 2.33. The molecule has 0 aliphatic carbocycles. The molecule has 2 aromatic heterocycles. The van der Waals surface area contributed by atoms with E-state index in [1.807, 2.05) is 42.5 Å². The number of primary amides is 1. The van der Waals surface area contributed by atoms with E-state index in [-0.39, 0.29) is 11.7 Å². The third kappa shape index (κ3) is 3.87. The molecule has 6 nitrogen and oxygen atoms in total. The zero-order chi connectivity index (χ0) is 22.1. The van der Waals surface area contributed by atoms with Crippen LogP contribution >= 0.6 is 23.1 Å². The van der Waals surface area contributed by atoms with E-state index < -0.39 is 11.9 Å². The normalized spacial score (nSPS) is 15.5. The Labute approximate surface area is 193 Å². The maximum Gasteiger partial charge on any atom is 0.240 e. The Morgan fingerprint density at radius 2 is 1.81 bits per heavy atom. The summed E-state index contributed by atoms with van der Waals surface area (Å²) in [7, 11) is 0. The maximum absolute atomic E-state index is 13.2. The molecule has 0 fully saturated rings. The van der Waals surface area contributed by atoms with Crippen molar-refractivity contribution in [3.63, 3.8) is 0 Å². The number of thioether (sulfide) groups is 1. The van der Waals surface area contributed by atoms with Gasteiger partial charge in [0.2, 0.25) is 11.8 Å². The number of aromatic nitrogens is 2. The molecule has 2 N–H and O–H groups in total. The van der Waals surface area contributed by atoms with Crippen molar-refractivity contribution in [1.82, 2.24) is 14.9 Å². The Morgan fingerprint density at radius 3 is 2.59 bits per heavy atom. The lowest BCUT2D eigenvalue weighted by molar-refractivity contribution is -0.138. The Kier molecular flexibility index (Phi) is 5.63. The van der Waals surface area contributed by atoms with Gasteiger partial charge < -0.3 is 10.6 Å². The molecule has 0 saturated carbocycles. The SMILES string of the molecule is NC(=O)[C@@H]1Cc2ccccc2CN1C(=O)CSc1ncnc2scc(-c3ccccc3)c12. The summed E-state index contributed by atoms with van der Waals surface area (Å²) in [6.45, 7) is 0.385. The van der Waals surface area contributed by atoms with Crippen LogP contribution in [0.15, 0.2) is 71.3 Å². The summed E-state index contributed by atoms with van der Waals surface area (Å²) in [4.78, 5) is 36.6. The minimum Gasteiger partial charge on any atom is -0.368 e. The van der Waals surface area contributed by atoms with Crippen molar-refractivity contribution in [3.05, 3.63) is 77.4 Å². The fourth-order valence-electron chi connectivity index (χ4n) is 4.04. The van der Waals surface area contributed by atoms with E-state index in [0.29, 0.717) is 13.0 Å². The lowest BCUT2D eigenvalue weighted by Gasteiger charge is -2.35. The number of hydrogen-bond acceptors (Lipinski definition) is 6. The maximum atomic E-state index is 13.2. The zero-order valence-corrected chi connectivity index (χ0v) is 18.7. The molecule has 1 atom stereocenters. The number of hydrogen-bond donors (Lipinski definition) is 1. The molecule has 0 saturated heterocycles. The van der Waals surface area contributed by atoms with Crippen LogP contribution in [0.25, 0.3) is 21.3 Å². The summed E-state index contributed by atoms with van der Waals surface area (Å²) >= 11 is 2.93. The van der Waals surface area contributed by atoms with Crippen LogP contribution in [0, 0.1) is 0 Å². The molecule has 5 rings (SSSR count). The van der Waals surface area contributed by atoms with E-state index in [4.69, 9.17) is 5.73 Å². The van der Waals surface area contributed by atoms with Crippen LogP contribution in [-0.2, 0) is 22.6 Å². The molecule has 160 valence electrons. The standard InChI is InChI=1S/C24H20N4O2S2/c25-22(30)19-10-16-8-4-5-9-17(16)11-28(19)20(29)13-32-24-21-18(15-6-2-1-3-7-15)12-31-23(21)26-14-27-24/h1-9,12,14,19H,10-11,13H2,(H2,25,30)/t19-/m0/s1. The minimum absolute atomic E-state index is 0.128. The molecular formula is C24H20N4O2S2. The van der Waals surface area contributed by atoms with E-state index >= 15 is 0 Å². The van der Waals surface area contributed by atoms with Gasteiger partial charge in [0.1, 0.15) is 22.2 Å². The number of carbonyl (C=O) groups excluding carboxylic acids is 2. The lowest BCUT2D eigenvalue weighted by atomic mass is 9.93. The van der Waals surface area contributed by atoms with Gasteiger partial charge in [-0.2, -0.15) is 0 Å². The quantitative estimate of drug-likeness (QED) is 0.361. The Hall–Kier alpha value is -3.23. The summed E-state index contributed by atoms with van der Waals surface area (Å²) in [6.07, 6.45) is 1.98. The van der Waals surface area contributed by atoms with E-state index in [1.165, 1.54) is 18.1 Å². The summed E-state index contributed by atoms with van der Waals surface area (Å²) < 4.78 is 0. The number of fused-ring (bicyclic) bond motifs is 2. The van der Waals surface area contributed by atoms with Crippen molar-refractivity contribution in [2.75, 3.05) is 5.75 Å². The van der Waals surface area contributed by atoms with Gasteiger partial charge in [0.25, 0.3) is 0 Å². The summed E-state index contributed by atoms with van der Waals surface area (Å²) in [6, 6.07) is 17.3. The first kappa shape index (κ1) is 20.7. The topological polar surface area (TPSA) is 89.2 Å². The third-order valence-electron chi connectivity index (χ3n) is 5.65. The molecule has 0 bridgehead atoms. The average molecular weight is 461 g/mol. The predicted octanol–water partition coefficient (Wildman–Crippen LogP) is 3.89. The molecule has 1 aliphatic heterocycles. The first-order valence-electron chi connectivity index (χ1n) is 10.2. The molecule has 2 aromatic carbocycles. The van der Waals surface area contributed by atoms with Crippen LogP contribution in [0.2, 0.25) is 0 Å². The van der Waals surface area contributed by atoms with Crippen LogP contribution in [0.4, 0.5) is 0 Å². The van der Waals surface area contributed by atoms with Gasteiger partial charge in [-0.1, -0.05) is 66.4 Å². The van der Waals surface area contributed by atoms with E-state index in [9.17, 15) is 9.59 Å². The van der Waals surface area contributed by atoms with Gasteiger partial charge >= 0.3 is 0 Å². The van der Waals surface area contributed by atoms with Crippen LogP contribution in [0.3, 0.4) is 0 Å². The fourth-order valence-corrected chi connectivity index (χ4v) is 5.92. The lowest BCUT2D eigenvalue weighted by Crippen LogP contribution is -2.51. The molecule has 0 radical (unpaired) electrons. The second kappa shape index (κ2) is 8.72. The average Bonchev–Trinajstić information content (AvgIpc) is 3.27. The van der Waals surface area contributed by atoms with Crippen molar-refractivity contribution < 1.29 is 9.59 Å². The third-order valence-corrected chi connectivity index (χ3v) is 7.51. The molecule has 0 unspecified atom stereocenters. The largest absolute Gasteiger partial charge is 0.368 e. The minimum atomic E-state index is -0.635. The smallest absolute Gasteiger partial charge is 0.240 e. The summed E-state index contributed by atoms with van der Waals surface area (Å²) in [5.41, 5.74) is 9.91. The second-order valence-electron chi connectivity index (χ2n) is 7.58.